The van der Waals surface area contributed by atoms with Crippen molar-refractivity contribution in [3.63, 3.8) is 0 Å². The van der Waals surface area contributed by atoms with Crippen LogP contribution >= 0.6 is 0 Å². The quantitative estimate of drug-likeness (QED) is 0.459. The van der Waals surface area contributed by atoms with Crippen molar-refractivity contribution in [2.75, 3.05) is 5.32 Å². The number of hydrogen-bond acceptors (Lipinski definition) is 4. The van der Waals surface area contributed by atoms with Gasteiger partial charge in [0.25, 0.3) is 12.3 Å². The molecule has 0 spiro atoms. The molecule has 22 heavy (non-hydrogen) atoms. The molecule has 0 aliphatic carbocycles. The summed E-state index contributed by atoms with van der Waals surface area (Å²) in [6.45, 7) is 0. The predicted molar refractivity (Wildman–Crippen MR) is 76.3 cm³/mol. The second kappa shape index (κ2) is 5.72. The second-order valence-corrected chi connectivity index (χ2v) is 5.07. The van der Waals surface area contributed by atoms with E-state index in [-0.39, 0.29) is 23.8 Å². The molecular weight excluding hydrogens is 292 g/mol. The Morgan fingerprint density at radius 3 is 2.77 bits per heavy atom. The van der Waals surface area contributed by atoms with Crippen molar-refractivity contribution in [1.29, 1.82) is 0 Å². The minimum absolute atomic E-state index is 0.147. The number of alkyl halides is 2. The van der Waals surface area contributed by atoms with E-state index in [1.807, 2.05) is 35.8 Å². The summed E-state index contributed by atoms with van der Waals surface area (Å²) in [7, 11) is 0. The number of amides is 1. The number of anilines is 1. The van der Waals surface area contributed by atoms with Gasteiger partial charge in [0.1, 0.15) is 17.4 Å². The van der Waals surface area contributed by atoms with Crippen LogP contribution in [0.1, 0.15) is 34.4 Å². The summed E-state index contributed by atoms with van der Waals surface area (Å²) in [4.78, 5) is 11.7. The number of nitrogens with two attached hydrogens (primary N) is 1. The van der Waals surface area contributed by atoms with Crippen molar-refractivity contribution in [2.45, 2.75) is 24.9 Å². The molecule has 1 aromatic heterocycles. The van der Waals surface area contributed by atoms with Crippen LogP contribution in [0, 0.1) is 0 Å². The summed E-state index contributed by atoms with van der Waals surface area (Å²) in [5.74, 6) is 4.81. The molecule has 116 valence electrons. The van der Waals surface area contributed by atoms with Crippen LogP contribution in [0.15, 0.2) is 36.5 Å². The van der Waals surface area contributed by atoms with Crippen LogP contribution in [-0.2, 0) is 0 Å². The number of halogens is 2. The van der Waals surface area contributed by atoms with E-state index < -0.39 is 18.4 Å². The molecule has 0 fully saturated rings. The molecule has 0 unspecified atom stereocenters. The van der Waals surface area contributed by atoms with E-state index >= 15 is 0 Å². The number of nitrogens with zero attached hydrogens (tertiary/aromatic N) is 2. The summed E-state index contributed by atoms with van der Waals surface area (Å²) in [5, 5.41) is 7.03. The zero-order valence-corrected chi connectivity index (χ0v) is 11.5. The van der Waals surface area contributed by atoms with E-state index in [9.17, 15) is 13.6 Å². The van der Waals surface area contributed by atoms with Crippen LogP contribution < -0.4 is 16.6 Å². The first kappa shape index (κ1) is 14.5. The van der Waals surface area contributed by atoms with Crippen molar-refractivity contribution in [3.8, 4) is 0 Å². The molecule has 2 atom stereocenters. The van der Waals surface area contributed by atoms with Gasteiger partial charge in [0.05, 0.1) is 12.2 Å². The van der Waals surface area contributed by atoms with E-state index in [2.05, 4.69) is 10.4 Å². The second-order valence-electron chi connectivity index (χ2n) is 5.07. The standard InChI is InChI=1S/C14H15F2N5O/c15-12(16)11-6-10(8-4-2-1-3-5-8)19-13-9(14(22)20-17)7-18-21(11)13/h1-5,7,10-12,19H,6,17H2,(H,20,22)/t10-,11-/m1/s1. The van der Waals surface area contributed by atoms with E-state index in [1.165, 1.54) is 6.20 Å². The zero-order chi connectivity index (χ0) is 15.7. The normalized spacial score (nSPS) is 20.4. The lowest BCUT2D eigenvalue weighted by atomic mass is 9.97. The van der Waals surface area contributed by atoms with Gasteiger partial charge >= 0.3 is 0 Å². The molecule has 3 rings (SSSR count). The molecule has 8 heteroatoms. The van der Waals surface area contributed by atoms with E-state index in [0.29, 0.717) is 0 Å². The van der Waals surface area contributed by atoms with Gasteiger partial charge in [0, 0.05) is 0 Å². The monoisotopic (exact) mass is 307 g/mol. The van der Waals surface area contributed by atoms with Crippen LogP contribution in [0.4, 0.5) is 14.6 Å². The van der Waals surface area contributed by atoms with Crippen LogP contribution in [0.5, 0.6) is 0 Å². The fourth-order valence-electron chi connectivity index (χ4n) is 2.68. The van der Waals surface area contributed by atoms with E-state index in [1.54, 1.807) is 0 Å². The lowest BCUT2D eigenvalue weighted by Crippen LogP contribution is -2.34. The Kier molecular flexibility index (Phi) is 3.76. The van der Waals surface area contributed by atoms with Gasteiger partial charge in [0.2, 0.25) is 0 Å². The van der Waals surface area contributed by atoms with Crippen molar-refractivity contribution in [2.24, 2.45) is 5.84 Å². The topological polar surface area (TPSA) is 85.0 Å². The predicted octanol–water partition coefficient (Wildman–Crippen LogP) is 1.85. The number of nitrogen functional groups attached to an aromatic ring is 1. The van der Waals surface area contributed by atoms with Gasteiger partial charge in [-0.15, -0.1) is 0 Å². The maximum atomic E-state index is 13.4. The van der Waals surface area contributed by atoms with Gasteiger partial charge in [0.15, 0.2) is 0 Å². The van der Waals surface area contributed by atoms with Crippen molar-refractivity contribution >= 4 is 11.7 Å². The zero-order valence-electron chi connectivity index (χ0n) is 11.5. The third-order valence-electron chi connectivity index (χ3n) is 3.77. The highest BCUT2D eigenvalue weighted by atomic mass is 19.3. The van der Waals surface area contributed by atoms with Gasteiger partial charge < -0.3 is 5.32 Å². The molecule has 6 nitrogen and oxygen atoms in total. The average Bonchev–Trinajstić information content (AvgIpc) is 2.97. The van der Waals surface area contributed by atoms with E-state index in [4.69, 9.17) is 5.84 Å². The first-order valence-corrected chi connectivity index (χ1v) is 6.80. The largest absolute Gasteiger partial charge is 0.363 e. The smallest absolute Gasteiger partial charge is 0.270 e. The molecule has 2 heterocycles. The Hall–Kier alpha value is -2.48. The van der Waals surface area contributed by atoms with E-state index in [0.717, 1.165) is 10.2 Å². The highest BCUT2D eigenvalue weighted by Gasteiger charge is 2.36. The number of carbonyl (C=O) groups excluding carboxylic acids is 1. The molecule has 0 saturated heterocycles. The molecule has 0 bridgehead atoms. The minimum Gasteiger partial charge on any atom is -0.363 e. The molecule has 0 radical (unpaired) electrons. The first-order chi connectivity index (χ1) is 10.6. The fourth-order valence-corrected chi connectivity index (χ4v) is 2.68. The van der Waals surface area contributed by atoms with Crippen LogP contribution in [0.2, 0.25) is 0 Å². The first-order valence-electron chi connectivity index (χ1n) is 6.80. The lowest BCUT2D eigenvalue weighted by molar-refractivity contribution is 0.0656. The molecular formula is C14H15F2N5O. The van der Waals surface area contributed by atoms with Gasteiger partial charge in [-0.3, -0.25) is 10.2 Å². The number of aromatic nitrogens is 2. The average molecular weight is 307 g/mol. The van der Waals surface area contributed by atoms with Gasteiger partial charge in [-0.2, -0.15) is 5.10 Å². The van der Waals surface area contributed by atoms with Crippen LogP contribution in [0.25, 0.3) is 0 Å². The fraction of sp³-hybridized carbons (Fsp3) is 0.286. The van der Waals surface area contributed by atoms with Crippen molar-refractivity contribution < 1.29 is 13.6 Å². The lowest BCUT2D eigenvalue weighted by Gasteiger charge is -2.32. The summed E-state index contributed by atoms with van der Waals surface area (Å²) in [6, 6.07) is 7.83. The Morgan fingerprint density at radius 1 is 1.41 bits per heavy atom. The van der Waals surface area contributed by atoms with Crippen LogP contribution in [0.3, 0.4) is 0 Å². The third kappa shape index (κ3) is 2.41. The number of hydrogen-bond donors (Lipinski definition) is 3. The van der Waals surface area contributed by atoms with Crippen molar-refractivity contribution in [1.82, 2.24) is 15.2 Å². The number of benzene rings is 1. The van der Waals surface area contributed by atoms with Gasteiger partial charge in [-0.1, -0.05) is 30.3 Å². The number of hydrazine groups is 1. The van der Waals surface area contributed by atoms with Crippen LogP contribution in [-0.4, -0.2) is 22.1 Å². The highest BCUT2D eigenvalue weighted by molar-refractivity contribution is 5.98. The molecule has 1 aromatic carbocycles. The maximum absolute atomic E-state index is 13.4. The minimum atomic E-state index is -2.58. The number of carbonyl (C=O) groups is 1. The molecule has 1 aliphatic rings. The summed E-state index contributed by atoms with van der Waals surface area (Å²) in [5.41, 5.74) is 3.02. The maximum Gasteiger partial charge on any atom is 0.270 e. The summed E-state index contributed by atoms with van der Waals surface area (Å²) >= 11 is 0. The Bertz CT molecular complexity index is 673. The summed E-state index contributed by atoms with van der Waals surface area (Å²) < 4.78 is 27.9. The van der Waals surface area contributed by atoms with Crippen molar-refractivity contribution in [3.05, 3.63) is 47.7 Å². The Labute approximate surface area is 125 Å². The molecule has 1 amide bonds. The highest BCUT2D eigenvalue weighted by Crippen LogP contribution is 2.39. The SMILES string of the molecule is NNC(=O)c1cnn2c1N[C@@H](c1ccccc1)C[C@@H]2C(F)F. The molecule has 2 aromatic rings. The number of nitrogens with one attached hydrogen (secondary N) is 2. The summed E-state index contributed by atoms with van der Waals surface area (Å²) in [6.07, 6.45) is -1.16. The number of rotatable bonds is 3. The van der Waals surface area contributed by atoms with Gasteiger partial charge in [-0.25, -0.2) is 19.3 Å². The number of fused-ring (bicyclic) bond motifs is 1. The Morgan fingerprint density at radius 2 is 2.14 bits per heavy atom. The molecule has 1 aliphatic heterocycles. The Balaban J connectivity index is 2.02. The third-order valence-corrected chi connectivity index (χ3v) is 3.77. The molecule has 4 N–H and O–H groups in total. The molecule has 0 saturated carbocycles. The van der Waals surface area contributed by atoms with Gasteiger partial charge in [-0.05, 0) is 12.0 Å².